The quantitative estimate of drug-likeness (QED) is 0.743. The van der Waals surface area contributed by atoms with Gasteiger partial charge in [-0.25, -0.2) is 0 Å². The summed E-state index contributed by atoms with van der Waals surface area (Å²) in [6, 6.07) is 0.151. The molecular formula is C11H17NO3. The van der Waals surface area contributed by atoms with Crippen molar-refractivity contribution in [2.45, 2.75) is 25.3 Å². The fourth-order valence-corrected chi connectivity index (χ4v) is 1.83. The molecule has 0 bridgehead atoms. The Labute approximate surface area is 89.6 Å². The summed E-state index contributed by atoms with van der Waals surface area (Å²) in [4.78, 5) is 11.8. The number of allylic oxidation sites excluding steroid dienone is 2. The molecule has 1 N–H and O–H groups in total. The van der Waals surface area contributed by atoms with Crippen molar-refractivity contribution < 1.29 is 14.3 Å². The summed E-state index contributed by atoms with van der Waals surface area (Å²) < 4.78 is 10.6. The van der Waals surface area contributed by atoms with Gasteiger partial charge in [-0.15, -0.1) is 0 Å². The van der Waals surface area contributed by atoms with E-state index in [-0.39, 0.29) is 11.8 Å². The van der Waals surface area contributed by atoms with E-state index in [2.05, 4.69) is 5.32 Å². The number of hydrogen-bond donors (Lipinski definition) is 1. The third kappa shape index (κ3) is 3.04. The first kappa shape index (κ1) is 10.6. The number of carbonyl (C=O) groups excluding carboxylic acids is 1. The number of nitrogens with one attached hydrogen (secondary N) is 1. The van der Waals surface area contributed by atoms with Gasteiger partial charge in [-0.3, -0.25) is 4.79 Å². The molecule has 0 spiro atoms. The van der Waals surface area contributed by atoms with Gasteiger partial charge in [0.05, 0.1) is 19.8 Å². The maximum Gasteiger partial charge on any atom is 0.198 e. The van der Waals surface area contributed by atoms with Crippen LogP contribution >= 0.6 is 0 Å². The molecule has 1 saturated heterocycles. The lowest BCUT2D eigenvalue weighted by molar-refractivity contribution is -0.120. The van der Waals surface area contributed by atoms with E-state index in [9.17, 15) is 4.79 Å². The van der Waals surface area contributed by atoms with Gasteiger partial charge in [-0.1, -0.05) is 0 Å². The molecule has 1 atom stereocenters. The zero-order valence-corrected chi connectivity index (χ0v) is 8.83. The topological polar surface area (TPSA) is 47.6 Å². The largest absolute Gasteiger partial charge is 0.490 e. The molecule has 0 aliphatic carbocycles. The van der Waals surface area contributed by atoms with E-state index < -0.39 is 0 Å². The first-order valence-electron chi connectivity index (χ1n) is 5.53. The second-order valence-corrected chi connectivity index (χ2v) is 3.91. The van der Waals surface area contributed by atoms with Crippen LogP contribution < -0.4 is 5.32 Å². The Balaban J connectivity index is 1.82. The summed E-state index contributed by atoms with van der Waals surface area (Å²) in [6.45, 7) is 2.87. The Bertz CT molecular complexity index is 257. The minimum absolute atomic E-state index is 0.0951. The van der Waals surface area contributed by atoms with Gasteiger partial charge in [-0.2, -0.15) is 0 Å². The van der Waals surface area contributed by atoms with Gasteiger partial charge in [0.1, 0.15) is 0 Å². The lowest BCUT2D eigenvalue weighted by atomic mass is 10.1. The summed E-state index contributed by atoms with van der Waals surface area (Å²) >= 11 is 0. The average Bonchev–Trinajstić information content (AvgIpc) is 2.31. The monoisotopic (exact) mass is 211 g/mol. The maximum atomic E-state index is 11.8. The summed E-state index contributed by atoms with van der Waals surface area (Å²) in [7, 11) is 0. The van der Waals surface area contributed by atoms with Gasteiger partial charge in [0.2, 0.25) is 0 Å². The van der Waals surface area contributed by atoms with Crippen LogP contribution in [0.4, 0.5) is 0 Å². The number of Topliss-reactive ketones (excluding diaryl/α,β-unsaturated/α-hetero) is 1. The van der Waals surface area contributed by atoms with Crippen molar-refractivity contribution in [3.05, 3.63) is 11.8 Å². The minimum Gasteiger partial charge on any atom is -0.490 e. The summed E-state index contributed by atoms with van der Waals surface area (Å²) in [5, 5.41) is 3.26. The molecule has 0 aromatic carbocycles. The van der Waals surface area contributed by atoms with Crippen molar-refractivity contribution in [3.63, 3.8) is 0 Å². The normalized spacial score (nSPS) is 26.7. The van der Waals surface area contributed by atoms with Gasteiger partial charge < -0.3 is 14.8 Å². The van der Waals surface area contributed by atoms with Crippen LogP contribution in [0.25, 0.3) is 0 Å². The second-order valence-electron chi connectivity index (χ2n) is 3.91. The van der Waals surface area contributed by atoms with Gasteiger partial charge in [-0.05, 0) is 18.9 Å². The molecule has 2 rings (SSSR count). The number of morpholine rings is 1. The molecule has 0 radical (unpaired) electrons. The number of carbonyl (C=O) groups is 1. The number of ketones is 1. The summed E-state index contributed by atoms with van der Waals surface area (Å²) in [6.07, 6.45) is 4.35. The van der Waals surface area contributed by atoms with E-state index in [1.807, 2.05) is 6.08 Å². The zero-order valence-electron chi connectivity index (χ0n) is 8.83. The van der Waals surface area contributed by atoms with Crippen LogP contribution in [0.1, 0.15) is 19.3 Å². The van der Waals surface area contributed by atoms with Crippen LogP contribution in [0.3, 0.4) is 0 Å². The third-order valence-electron chi connectivity index (χ3n) is 2.64. The SMILES string of the molecule is O=C(CC1COCCN1)C1=CCCCO1. The summed E-state index contributed by atoms with van der Waals surface area (Å²) in [5.41, 5.74) is 0. The van der Waals surface area contributed by atoms with Crippen LogP contribution in [-0.4, -0.2) is 38.2 Å². The van der Waals surface area contributed by atoms with Crippen LogP contribution in [0.15, 0.2) is 11.8 Å². The molecule has 2 aliphatic heterocycles. The zero-order chi connectivity index (χ0) is 10.5. The van der Waals surface area contributed by atoms with E-state index in [1.54, 1.807) is 0 Å². The van der Waals surface area contributed by atoms with Gasteiger partial charge in [0.25, 0.3) is 0 Å². The molecule has 2 aliphatic rings. The fraction of sp³-hybridized carbons (Fsp3) is 0.727. The Morgan fingerprint density at radius 3 is 3.13 bits per heavy atom. The van der Waals surface area contributed by atoms with Gasteiger partial charge in [0, 0.05) is 19.0 Å². The fourth-order valence-electron chi connectivity index (χ4n) is 1.83. The highest BCUT2D eigenvalue weighted by Gasteiger charge is 2.20. The third-order valence-corrected chi connectivity index (χ3v) is 2.64. The second kappa shape index (κ2) is 5.28. The van der Waals surface area contributed by atoms with Crippen LogP contribution in [0.5, 0.6) is 0 Å². The molecule has 4 nitrogen and oxygen atoms in total. The number of ether oxygens (including phenoxy) is 2. The molecule has 1 fully saturated rings. The smallest absolute Gasteiger partial charge is 0.198 e. The van der Waals surface area contributed by atoms with E-state index in [0.29, 0.717) is 25.4 Å². The predicted octanol–water partition coefficient (Wildman–Crippen LogP) is 0.628. The minimum atomic E-state index is 0.0951. The number of hydrogen-bond acceptors (Lipinski definition) is 4. The average molecular weight is 211 g/mol. The Morgan fingerprint density at radius 1 is 1.53 bits per heavy atom. The van der Waals surface area contributed by atoms with Gasteiger partial charge in [0.15, 0.2) is 11.5 Å². The Hall–Kier alpha value is -0.870. The first-order chi connectivity index (χ1) is 7.36. The lowest BCUT2D eigenvalue weighted by Crippen LogP contribution is -2.42. The molecule has 0 aromatic rings. The molecule has 4 heteroatoms. The predicted molar refractivity (Wildman–Crippen MR) is 55.5 cm³/mol. The van der Waals surface area contributed by atoms with E-state index in [0.717, 1.165) is 26.0 Å². The standard InChI is InChI=1S/C11H17NO3/c13-10(11-3-1-2-5-15-11)7-9-8-14-6-4-12-9/h3,9,12H,1-2,4-8H2. The van der Waals surface area contributed by atoms with Crippen molar-refractivity contribution in [1.82, 2.24) is 5.32 Å². The highest BCUT2D eigenvalue weighted by molar-refractivity contribution is 5.93. The van der Waals surface area contributed by atoms with Crippen molar-refractivity contribution in [3.8, 4) is 0 Å². The molecule has 0 aromatic heterocycles. The van der Waals surface area contributed by atoms with E-state index in [4.69, 9.17) is 9.47 Å². The highest BCUT2D eigenvalue weighted by atomic mass is 16.5. The van der Waals surface area contributed by atoms with Crippen molar-refractivity contribution in [2.24, 2.45) is 0 Å². The molecule has 0 amide bonds. The van der Waals surface area contributed by atoms with Crippen LogP contribution in [0.2, 0.25) is 0 Å². The molecule has 0 saturated carbocycles. The van der Waals surface area contributed by atoms with Crippen LogP contribution in [0, 0.1) is 0 Å². The highest BCUT2D eigenvalue weighted by Crippen LogP contribution is 2.13. The van der Waals surface area contributed by atoms with Crippen molar-refractivity contribution in [2.75, 3.05) is 26.4 Å². The molecule has 2 heterocycles. The van der Waals surface area contributed by atoms with Crippen LogP contribution in [-0.2, 0) is 14.3 Å². The first-order valence-corrected chi connectivity index (χ1v) is 5.53. The Morgan fingerprint density at radius 2 is 2.47 bits per heavy atom. The van der Waals surface area contributed by atoms with E-state index in [1.165, 1.54) is 0 Å². The van der Waals surface area contributed by atoms with E-state index >= 15 is 0 Å². The van der Waals surface area contributed by atoms with Gasteiger partial charge >= 0.3 is 0 Å². The molecule has 1 unspecified atom stereocenters. The lowest BCUT2D eigenvalue weighted by Gasteiger charge is -2.24. The van der Waals surface area contributed by atoms with Crippen molar-refractivity contribution in [1.29, 1.82) is 0 Å². The maximum absolute atomic E-state index is 11.8. The van der Waals surface area contributed by atoms with Crippen molar-refractivity contribution >= 4 is 5.78 Å². The molecule has 15 heavy (non-hydrogen) atoms. The molecule has 84 valence electrons. The summed E-state index contributed by atoms with van der Waals surface area (Å²) in [5.74, 6) is 0.645. The Kier molecular flexibility index (Phi) is 3.75. The molecular weight excluding hydrogens is 194 g/mol. The number of rotatable bonds is 3.